The molecule has 3 rings (SSSR count). The van der Waals surface area contributed by atoms with Crippen molar-refractivity contribution in [2.45, 2.75) is 33.1 Å². The van der Waals surface area contributed by atoms with Crippen molar-refractivity contribution in [3.05, 3.63) is 39.8 Å². The van der Waals surface area contributed by atoms with Crippen molar-refractivity contribution in [1.82, 2.24) is 9.88 Å². The monoisotopic (exact) mass is 372 g/mol. The zero-order valence-electron chi connectivity index (χ0n) is 16.3. The fourth-order valence-electron chi connectivity index (χ4n) is 3.05. The molecule has 1 N–H and O–H groups in total. The molecule has 1 saturated heterocycles. The van der Waals surface area contributed by atoms with E-state index >= 15 is 0 Å². The van der Waals surface area contributed by atoms with Crippen molar-refractivity contribution >= 4 is 28.6 Å². The number of hydrogen-bond acceptors (Lipinski definition) is 5. The second-order valence-electron chi connectivity index (χ2n) is 8.03. The summed E-state index contributed by atoms with van der Waals surface area (Å²) in [7, 11) is 2.16. The number of piperazine rings is 1. The molecule has 1 aliphatic rings. The summed E-state index contributed by atoms with van der Waals surface area (Å²) >= 11 is 1.46. The molecule has 0 saturated carbocycles. The molecule has 26 heavy (non-hydrogen) atoms. The van der Waals surface area contributed by atoms with E-state index in [1.807, 2.05) is 6.07 Å². The van der Waals surface area contributed by atoms with Gasteiger partial charge < -0.3 is 15.1 Å². The number of nitrogens with zero attached hydrogens (tertiary/aromatic N) is 3. The summed E-state index contributed by atoms with van der Waals surface area (Å²) in [6.45, 7) is 12.7. The van der Waals surface area contributed by atoms with E-state index in [-0.39, 0.29) is 11.3 Å². The molecule has 6 heteroatoms. The van der Waals surface area contributed by atoms with Crippen LogP contribution in [0.2, 0.25) is 0 Å². The van der Waals surface area contributed by atoms with E-state index in [1.54, 1.807) is 6.20 Å². The number of carbonyl (C=O) groups excluding carboxylic acids is 1. The number of thiazole rings is 1. The molecule has 1 aliphatic heterocycles. The van der Waals surface area contributed by atoms with Crippen molar-refractivity contribution in [2.75, 3.05) is 43.4 Å². The number of aromatic nitrogens is 1. The minimum atomic E-state index is -0.0928. The lowest BCUT2D eigenvalue weighted by Crippen LogP contribution is -2.44. The minimum absolute atomic E-state index is 0.0378. The highest BCUT2D eigenvalue weighted by Gasteiger charge is 2.21. The average Bonchev–Trinajstić information content (AvgIpc) is 3.06. The Morgan fingerprint density at radius 2 is 1.88 bits per heavy atom. The first kappa shape index (κ1) is 18.9. The molecular weight excluding hydrogens is 344 g/mol. The molecule has 1 fully saturated rings. The Morgan fingerprint density at radius 1 is 1.19 bits per heavy atom. The summed E-state index contributed by atoms with van der Waals surface area (Å²) in [5, 5.41) is 3.98. The van der Waals surface area contributed by atoms with Gasteiger partial charge in [-0.05, 0) is 37.7 Å². The highest BCUT2D eigenvalue weighted by Crippen LogP contribution is 2.28. The normalized spacial score (nSPS) is 16.0. The Kier molecular flexibility index (Phi) is 5.34. The summed E-state index contributed by atoms with van der Waals surface area (Å²) in [6, 6.07) is 6.16. The van der Waals surface area contributed by atoms with Crippen LogP contribution in [0.3, 0.4) is 0 Å². The molecular formula is C20H28N4OS. The van der Waals surface area contributed by atoms with Crippen molar-refractivity contribution in [1.29, 1.82) is 0 Å². The number of carbonyl (C=O) groups is 1. The number of benzene rings is 1. The van der Waals surface area contributed by atoms with E-state index in [0.29, 0.717) is 4.88 Å². The topological polar surface area (TPSA) is 48.5 Å². The van der Waals surface area contributed by atoms with Gasteiger partial charge in [0.1, 0.15) is 4.88 Å². The third-order valence-electron chi connectivity index (χ3n) is 4.67. The molecule has 2 heterocycles. The van der Waals surface area contributed by atoms with E-state index in [9.17, 15) is 4.79 Å². The first-order chi connectivity index (χ1) is 12.2. The van der Waals surface area contributed by atoms with Gasteiger partial charge in [0.25, 0.3) is 5.91 Å². The van der Waals surface area contributed by atoms with Crippen LogP contribution in [0.25, 0.3) is 0 Å². The highest BCUT2D eigenvalue weighted by molar-refractivity contribution is 7.13. The van der Waals surface area contributed by atoms with Gasteiger partial charge in [0, 0.05) is 43.0 Å². The number of likely N-dealkylation sites (N-methyl/N-ethyl adjacent to an activating group) is 1. The fraction of sp³-hybridized carbons (Fsp3) is 0.500. The number of aryl methyl sites for hydroxylation is 1. The van der Waals surface area contributed by atoms with Crippen molar-refractivity contribution < 1.29 is 4.79 Å². The summed E-state index contributed by atoms with van der Waals surface area (Å²) in [6.07, 6.45) is 1.67. The lowest BCUT2D eigenvalue weighted by molar-refractivity contribution is 0.103. The lowest BCUT2D eigenvalue weighted by atomic mass is 9.98. The van der Waals surface area contributed by atoms with Gasteiger partial charge in [-0.15, -0.1) is 11.3 Å². The zero-order chi connectivity index (χ0) is 18.9. The van der Waals surface area contributed by atoms with Crippen LogP contribution in [0.4, 0.5) is 11.4 Å². The molecule has 140 valence electrons. The Labute approximate surface area is 160 Å². The van der Waals surface area contributed by atoms with Crippen LogP contribution < -0.4 is 10.2 Å². The van der Waals surface area contributed by atoms with Crippen LogP contribution in [-0.4, -0.2) is 49.0 Å². The second-order valence-corrected chi connectivity index (χ2v) is 9.06. The predicted octanol–water partition coefficient (Wildman–Crippen LogP) is 3.75. The third kappa shape index (κ3) is 4.24. The van der Waals surface area contributed by atoms with Crippen LogP contribution in [0.5, 0.6) is 0 Å². The Balaban J connectivity index is 1.69. The van der Waals surface area contributed by atoms with Crippen LogP contribution in [0, 0.1) is 6.92 Å². The number of hydrogen-bond donors (Lipinski definition) is 1. The number of amides is 1. The first-order valence-corrected chi connectivity index (χ1v) is 9.87. The van der Waals surface area contributed by atoms with Gasteiger partial charge in [-0.2, -0.15) is 0 Å². The van der Waals surface area contributed by atoms with Crippen molar-refractivity contribution in [3.8, 4) is 0 Å². The fourth-order valence-corrected chi connectivity index (χ4v) is 3.92. The third-order valence-corrected chi connectivity index (χ3v) is 6.09. The smallest absolute Gasteiger partial charge is 0.267 e. The van der Waals surface area contributed by atoms with Gasteiger partial charge in [0.05, 0.1) is 11.2 Å². The van der Waals surface area contributed by atoms with Crippen LogP contribution in [-0.2, 0) is 5.41 Å². The lowest BCUT2D eigenvalue weighted by Gasteiger charge is -2.35. The van der Waals surface area contributed by atoms with E-state index in [4.69, 9.17) is 0 Å². The molecule has 1 aromatic heterocycles. The van der Waals surface area contributed by atoms with Gasteiger partial charge in [0.15, 0.2) is 0 Å². The summed E-state index contributed by atoms with van der Waals surface area (Å²) in [5.41, 5.74) is 3.23. The van der Waals surface area contributed by atoms with Crippen molar-refractivity contribution in [2.24, 2.45) is 0 Å². The number of rotatable bonds is 3. The standard InChI is InChI=1S/C20H28N4OS/c1-14-12-15(6-7-16(14)24-10-8-23(5)9-11-24)22-18(25)17-13-21-19(26-17)20(2,3)4/h6-7,12-13H,8-11H2,1-5H3,(H,22,25). The molecule has 1 amide bonds. The van der Waals surface area contributed by atoms with Crippen LogP contribution in [0.1, 0.15) is 41.0 Å². The van der Waals surface area contributed by atoms with Crippen LogP contribution in [0.15, 0.2) is 24.4 Å². The Hall–Kier alpha value is -1.92. The highest BCUT2D eigenvalue weighted by atomic mass is 32.1. The van der Waals surface area contributed by atoms with E-state index in [2.05, 4.69) is 67.0 Å². The maximum Gasteiger partial charge on any atom is 0.267 e. The number of nitrogens with one attached hydrogen (secondary N) is 1. The van der Waals surface area contributed by atoms with E-state index < -0.39 is 0 Å². The SMILES string of the molecule is Cc1cc(NC(=O)c2cnc(C(C)(C)C)s2)ccc1N1CCN(C)CC1. The Bertz CT molecular complexity index is 785. The molecule has 0 spiro atoms. The quantitative estimate of drug-likeness (QED) is 0.891. The van der Waals surface area contributed by atoms with Gasteiger partial charge in [-0.25, -0.2) is 4.98 Å². The molecule has 0 radical (unpaired) electrons. The molecule has 0 bridgehead atoms. The summed E-state index contributed by atoms with van der Waals surface area (Å²) < 4.78 is 0. The molecule has 5 nitrogen and oxygen atoms in total. The summed E-state index contributed by atoms with van der Waals surface area (Å²) in [4.78, 5) is 22.3. The maximum atomic E-state index is 12.5. The van der Waals surface area contributed by atoms with E-state index in [0.717, 1.165) is 36.9 Å². The number of anilines is 2. The average molecular weight is 373 g/mol. The summed E-state index contributed by atoms with van der Waals surface area (Å²) in [5.74, 6) is -0.0928. The molecule has 0 aliphatic carbocycles. The van der Waals surface area contributed by atoms with Gasteiger partial charge in [0.2, 0.25) is 0 Å². The van der Waals surface area contributed by atoms with Gasteiger partial charge in [-0.3, -0.25) is 4.79 Å². The molecule has 1 aromatic carbocycles. The molecule has 0 unspecified atom stereocenters. The maximum absolute atomic E-state index is 12.5. The molecule has 2 aromatic rings. The Morgan fingerprint density at radius 3 is 2.46 bits per heavy atom. The van der Waals surface area contributed by atoms with Crippen molar-refractivity contribution in [3.63, 3.8) is 0 Å². The van der Waals surface area contributed by atoms with Gasteiger partial charge in [-0.1, -0.05) is 20.8 Å². The second kappa shape index (κ2) is 7.37. The van der Waals surface area contributed by atoms with E-state index in [1.165, 1.54) is 22.6 Å². The first-order valence-electron chi connectivity index (χ1n) is 9.06. The van der Waals surface area contributed by atoms with Crippen LogP contribution >= 0.6 is 11.3 Å². The largest absolute Gasteiger partial charge is 0.369 e. The predicted molar refractivity (Wildman–Crippen MR) is 110 cm³/mol. The molecule has 0 atom stereocenters. The van der Waals surface area contributed by atoms with Gasteiger partial charge >= 0.3 is 0 Å². The zero-order valence-corrected chi connectivity index (χ0v) is 17.1. The minimum Gasteiger partial charge on any atom is -0.369 e.